The van der Waals surface area contributed by atoms with Gasteiger partial charge in [0.2, 0.25) is 5.69 Å². The third kappa shape index (κ3) is 4.36. The maximum Gasteiger partial charge on any atom is 0.355 e. The number of rotatable bonds is 5. The fourth-order valence-electron chi connectivity index (χ4n) is 1.84. The van der Waals surface area contributed by atoms with Crippen LogP contribution in [0.15, 0.2) is 50.9 Å². The van der Waals surface area contributed by atoms with Crippen molar-refractivity contribution in [2.24, 2.45) is 9.98 Å². The highest BCUT2D eigenvalue weighted by Gasteiger charge is 2.08. The molecule has 0 atom stereocenters. The van der Waals surface area contributed by atoms with Gasteiger partial charge in [-0.05, 0) is 12.1 Å². The summed E-state index contributed by atoms with van der Waals surface area (Å²) in [6, 6.07) is 13.2. The number of carbonyl (C=O) groups excluding carboxylic acids is 1. The van der Waals surface area contributed by atoms with Crippen LogP contribution < -0.4 is 4.74 Å². The highest BCUT2D eigenvalue weighted by atomic mass is 79.9. The van der Waals surface area contributed by atoms with E-state index in [9.17, 15) is 0 Å². The van der Waals surface area contributed by atoms with Gasteiger partial charge in [-0.25, -0.2) is 14.3 Å². The number of ether oxygens (including phenoxy) is 1. The Morgan fingerprint density at radius 3 is 2.87 bits per heavy atom. The Hall–Kier alpha value is -2.74. The van der Waals surface area contributed by atoms with Crippen LogP contribution in [-0.2, 0) is 11.0 Å². The zero-order valence-electron chi connectivity index (χ0n) is 12.4. The topological polar surface area (TPSA) is 49.6 Å². The number of hydrogen-bond acceptors (Lipinski definition) is 3. The minimum Gasteiger partial charge on any atom is -0.496 e. The SMILES string of the molecule is [C-]#[N+]c1ccc(Br)cc1N=C=NCc1ccc([O+]=C)cc1OC. The van der Waals surface area contributed by atoms with Gasteiger partial charge in [0.15, 0.2) is 0 Å². The van der Waals surface area contributed by atoms with Crippen LogP contribution in [0.3, 0.4) is 0 Å². The summed E-state index contributed by atoms with van der Waals surface area (Å²) in [4.78, 5) is 11.6. The average molecular weight is 371 g/mol. The molecule has 2 aromatic rings. The maximum absolute atomic E-state index is 7.12. The van der Waals surface area contributed by atoms with E-state index in [0.29, 0.717) is 29.4 Å². The van der Waals surface area contributed by atoms with Crippen LogP contribution >= 0.6 is 15.9 Å². The van der Waals surface area contributed by atoms with E-state index >= 15 is 0 Å². The van der Waals surface area contributed by atoms with Crippen molar-refractivity contribution in [2.45, 2.75) is 6.54 Å². The number of benzene rings is 2. The molecule has 0 bridgehead atoms. The molecule has 0 saturated carbocycles. The lowest BCUT2D eigenvalue weighted by Gasteiger charge is -2.03. The molecule has 0 spiro atoms. The van der Waals surface area contributed by atoms with Crippen LogP contribution in [0, 0.1) is 6.57 Å². The molecule has 0 heterocycles. The Labute approximate surface area is 142 Å². The Kier molecular flexibility index (Phi) is 5.81. The van der Waals surface area contributed by atoms with Crippen molar-refractivity contribution in [3.63, 3.8) is 0 Å². The molecule has 2 aromatic carbocycles. The Bertz CT molecular complexity index is 834. The van der Waals surface area contributed by atoms with Crippen molar-refractivity contribution in [2.75, 3.05) is 7.11 Å². The number of hydrogen-bond donors (Lipinski definition) is 0. The molecule has 5 nitrogen and oxygen atoms in total. The van der Waals surface area contributed by atoms with Gasteiger partial charge in [-0.3, -0.25) is 0 Å². The summed E-state index contributed by atoms with van der Waals surface area (Å²) in [5, 5.41) is 0. The first-order valence-corrected chi connectivity index (χ1v) is 7.35. The largest absolute Gasteiger partial charge is 0.496 e. The van der Waals surface area contributed by atoms with Gasteiger partial charge in [0, 0.05) is 16.1 Å². The fraction of sp³-hybridized carbons (Fsp3) is 0.118. The second-order valence-corrected chi connectivity index (χ2v) is 5.31. The number of aliphatic imine (C=N–C) groups is 2. The van der Waals surface area contributed by atoms with Crippen LogP contribution in [0.4, 0.5) is 11.4 Å². The molecule has 114 valence electrons. The number of halogens is 1. The molecule has 0 aliphatic carbocycles. The molecular weight excluding hydrogens is 358 g/mol. The van der Waals surface area contributed by atoms with Crippen molar-refractivity contribution in [1.29, 1.82) is 0 Å². The molecule has 0 N–H and O–H groups in total. The quantitative estimate of drug-likeness (QED) is 0.410. The van der Waals surface area contributed by atoms with Crippen LogP contribution in [0.1, 0.15) is 5.56 Å². The Morgan fingerprint density at radius 2 is 2.17 bits per heavy atom. The number of nitrogens with zero attached hydrogens (tertiary/aromatic N) is 3. The molecule has 0 aliphatic heterocycles. The van der Waals surface area contributed by atoms with Crippen LogP contribution in [0.25, 0.3) is 4.85 Å². The summed E-state index contributed by atoms with van der Waals surface area (Å²) < 4.78 is 11.0. The summed E-state index contributed by atoms with van der Waals surface area (Å²) >= 11 is 3.35. The van der Waals surface area contributed by atoms with Gasteiger partial charge in [-0.2, -0.15) is 4.99 Å². The van der Waals surface area contributed by atoms with Crippen molar-refractivity contribution in [3.8, 4) is 11.5 Å². The highest BCUT2D eigenvalue weighted by molar-refractivity contribution is 9.10. The molecule has 0 fully saturated rings. The first kappa shape index (κ1) is 16.6. The lowest BCUT2D eigenvalue weighted by Crippen LogP contribution is -1.90. The number of methoxy groups -OCH3 is 1. The minimum absolute atomic E-state index is 0.353. The lowest BCUT2D eigenvalue weighted by atomic mass is 10.2. The van der Waals surface area contributed by atoms with E-state index < -0.39 is 0 Å². The zero-order chi connectivity index (χ0) is 16.7. The van der Waals surface area contributed by atoms with Gasteiger partial charge >= 0.3 is 5.75 Å². The van der Waals surface area contributed by atoms with Gasteiger partial charge in [0.05, 0.1) is 38.0 Å². The normalized spacial score (nSPS) is 9.43. The van der Waals surface area contributed by atoms with Crippen molar-refractivity contribution in [3.05, 3.63) is 57.9 Å². The van der Waals surface area contributed by atoms with E-state index in [1.807, 2.05) is 6.07 Å². The lowest BCUT2D eigenvalue weighted by molar-refractivity contribution is -0.354. The average Bonchev–Trinajstić information content (AvgIpc) is 2.58. The second kappa shape index (κ2) is 8.04. The summed E-state index contributed by atoms with van der Waals surface area (Å²) in [5.74, 6) is 1.26. The molecule has 0 aliphatic rings. The second-order valence-electron chi connectivity index (χ2n) is 4.39. The smallest absolute Gasteiger partial charge is 0.355 e. The molecular formula is C17H13BrN3O2+. The highest BCUT2D eigenvalue weighted by Crippen LogP contribution is 2.30. The van der Waals surface area contributed by atoms with Crippen molar-refractivity contribution in [1.82, 2.24) is 0 Å². The van der Waals surface area contributed by atoms with E-state index in [-0.39, 0.29) is 0 Å². The standard InChI is InChI=1S/C17H13BrN3O2/c1-19-15-7-5-13(18)8-16(15)21-11-20-10-12-4-6-14(22-2)9-17(12)23-3/h4-9H,2,10H2,3H3/q+1. The first-order chi connectivity index (χ1) is 11.2. The van der Waals surface area contributed by atoms with E-state index in [4.69, 9.17) is 15.7 Å². The van der Waals surface area contributed by atoms with Gasteiger partial charge in [-0.15, -0.1) is 0 Å². The molecule has 0 unspecified atom stereocenters. The predicted octanol–water partition coefficient (Wildman–Crippen LogP) is 5.09. The van der Waals surface area contributed by atoms with Crippen LogP contribution in [0.2, 0.25) is 0 Å². The van der Waals surface area contributed by atoms with E-state index in [0.717, 1.165) is 10.0 Å². The third-order valence-electron chi connectivity index (χ3n) is 2.97. The van der Waals surface area contributed by atoms with Crippen molar-refractivity contribution >= 4 is 40.1 Å². The van der Waals surface area contributed by atoms with E-state index in [1.54, 1.807) is 37.4 Å². The third-order valence-corrected chi connectivity index (χ3v) is 3.47. The predicted molar refractivity (Wildman–Crippen MR) is 93.2 cm³/mol. The summed E-state index contributed by atoms with van der Waals surface area (Å²) in [7, 11) is 1.58. The van der Waals surface area contributed by atoms with E-state index in [1.165, 1.54) is 0 Å². The van der Waals surface area contributed by atoms with E-state index in [2.05, 4.69) is 43.6 Å². The molecule has 0 radical (unpaired) electrons. The Morgan fingerprint density at radius 1 is 1.35 bits per heavy atom. The summed E-state index contributed by atoms with van der Waals surface area (Å²) in [6.45, 7) is 10.8. The van der Waals surface area contributed by atoms with Crippen molar-refractivity contribution < 1.29 is 9.16 Å². The zero-order valence-corrected chi connectivity index (χ0v) is 14.0. The van der Waals surface area contributed by atoms with Crippen LogP contribution in [0.5, 0.6) is 11.5 Å². The van der Waals surface area contributed by atoms with Gasteiger partial charge in [0.25, 0.3) is 6.79 Å². The molecule has 23 heavy (non-hydrogen) atoms. The molecule has 0 amide bonds. The van der Waals surface area contributed by atoms with Gasteiger partial charge < -0.3 is 4.74 Å². The van der Waals surface area contributed by atoms with Gasteiger partial charge in [-0.1, -0.05) is 28.1 Å². The molecule has 0 aromatic heterocycles. The fourth-order valence-corrected chi connectivity index (χ4v) is 2.18. The first-order valence-electron chi connectivity index (χ1n) is 6.56. The summed E-state index contributed by atoms with van der Waals surface area (Å²) in [6.07, 6.45) is 0. The Balaban J connectivity index is 2.21. The molecule has 6 heteroatoms. The molecule has 0 saturated heterocycles. The maximum atomic E-state index is 7.12. The van der Waals surface area contributed by atoms with Gasteiger partial charge in [0.1, 0.15) is 5.75 Å². The summed E-state index contributed by atoms with van der Waals surface area (Å²) in [5.41, 5.74) is 1.84. The van der Waals surface area contributed by atoms with Crippen LogP contribution in [-0.4, -0.2) is 19.9 Å². The molecule has 2 rings (SSSR count). The minimum atomic E-state index is 0.353. The monoisotopic (exact) mass is 370 g/mol.